The van der Waals surface area contributed by atoms with Crippen LogP contribution in [0.3, 0.4) is 0 Å². The summed E-state index contributed by atoms with van der Waals surface area (Å²) in [6.07, 6.45) is 1.84. The lowest BCUT2D eigenvalue weighted by Gasteiger charge is -2.25. The van der Waals surface area contributed by atoms with Crippen LogP contribution in [0.1, 0.15) is 11.1 Å². The molecule has 0 aromatic heterocycles. The van der Waals surface area contributed by atoms with Crippen LogP contribution in [0.15, 0.2) is 65.6 Å². The normalized spacial score (nSPS) is 19.3. The fraction of sp³-hybridized carbons (Fsp3) is 0.176. The van der Waals surface area contributed by atoms with Crippen molar-refractivity contribution in [1.82, 2.24) is 3.71 Å². The molecular weight excluding hydrogens is 330 g/mol. The molecule has 4 nitrogen and oxygen atoms in total. The van der Waals surface area contributed by atoms with Gasteiger partial charge in [-0.25, -0.2) is 12.6 Å². The Kier molecular flexibility index (Phi) is 4.48. The molecule has 120 valence electrons. The van der Waals surface area contributed by atoms with E-state index in [0.717, 1.165) is 20.4 Å². The maximum atomic E-state index is 12.7. The molecule has 0 aliphatic carbocycles. The van der Waals surface area contributed by atoms with Crippen molar-refractivity contribution in [2.24, 2.45) is 0 Å². The van der Waals surface area contributed by atoms with Gasteiger partial charge in [0.1, 0.15) is 11.0 Å². The molecule has 0 fully saturated rings. The minimum Gasteiger partial charge on any atom is -0.241 e. The summed E-state index contributed by atoms with van der Waals surface area (Å²) in [6.45, 7) is 2.01. The highest BCUT2D eigenvalue weighted by molar-refractivity contribution is 8.01. The van der Waals surface area contributed by atoms with Gasteiger partial charge in [-0.05, 0) is 30.2 Å². The minimum absolute atomic E-state index is 0.118. The van der Waals surface area contributed by atoms with Gasteiger partial charge in [0, 0.05) is 6.54 Å². The molecule has 0 radical (unpaired) electrons. The van der Waals surface area contributed by atoms with Crippen molar-refractivity contribution >= 4 is 26.6 Å². The van der Waals surface area contributed by atoms with E-state index in [9.17, 15) is 12.6 Å². The molecule has 3 rings (SSSR count). The van der Waals surface area contributed by atoms with Crippen LogP contribution in [0, 0.1) is 6.92 Å². The van der Waals surface area contributed by atoms with E-state index >= 15 is 0 Å². The van der Waals surface area contributed by atoms with E-state index in [1.165, 1.54) is 0 Å². The molecule has 0 amide bonds. The first-order chi connectivity index (χ1) is 11.0. The molecule has 0 N–H and O–H groups in total. The van der Waals surface area contributed by atoms with Crippen LogP contribution in [0.5, 0.6) is 0 Å². The molecule has 1 aliphatic rings. The van der Waals surface area contributed by atoms with Crippen LogP contribution < -0.4 is 0 Å². The zero-order valence-corrected chi connectivity index (χ0v) is 14.3. The third-order valence-corrected chi connectivity index (χ3v) is 7.53. The van der Waals surface area contributed by atoms with Crippen molar-refractivity contribution in [1.29, 1.82) is 0 Å². The summed E-state index contributed by atoms with van der Waals surface area (Å²) < 4.78 is 38.9. The van der Waals surface area contributed by atoms with E-state index in [4.69, 9.17) is 0 Å². The van der Waals surface area contributed by atoms with Gasteiger partial charge in [-0.2, -0.15) is 0 Å². The van der Waals surface area contributed by atoms with Gasteiger partial charge in [0.25, 0.3) is 10.0 Å². The van der Waals surface area contributed by atoms with Crippen LogP contribution in [0.25, 0.3) is 5.57 Å². The molecule has 0 bridgehead atoms. The van der Waals surface area contributed by atoms with Crippen LogP contribution >= 0.6 is 0 Å². The average Bonchev–Trinajstić information content (AvgIpc) is 2.56. The van der Waals surface area contributed by atoms with E-state index in [-0.39, 0.29) is 17.2 Å². The van der Waals surface area contributed by atoms with Crippen molar-refractivity contribution in [2.45, 2.75) is 11.8 Å². The number of hydrogen-bond donors (Lipinski definition) is 0. The van der Waals surface area contributed by atoms with Crippen molar-refractivity contribution in [3.05, 3.63) is 71.8 Å². The average molecular weight is 347 g/mol. The fourth-order valence-corrected chi connectivity index (χ4v) is 5.63. The Morgan fingerprint density at radius 2 is 1.65 bits per heavy atom. The first kappa shape index (κ1) is 16.1. The molecule has 0 saturated heterocycles. The van der Waals surface area contributed by atoms with E-state index < -0.39 is 21.0 Å². The van der Waals surface area contributed by atoms with Crippen molar-refractivity contribution < 1.29 is 12.6 Å². The second-order valence-electron chi connectivity index (χ2n) is 5.36. The molecule has 2 aromatic rings. The Labute approximate surface area is 139 Å². The SMILES string of the molecule is Cc1ccc(S(=O)(=O)N2CC=C(c3ccccc3)CS2=O)cc1. The van der Waals surface area contributed by atoms with Gasteiger partial charge in [-0.3, -0.25) is 0 Å². The highest BCUT2D eigenvalue weighted by atomic mass is 32.3. The third kappa shape index (κ3) is 3.29. The number of aryl methyl sites for hydroxylation is 1. The van der Waals surface area contributed by atoms with Gasteiger partial charge in [-0.15, -0.1) is 3.71 Å². The zero-order chi connectivity index (χ0) is 16.4. The first-order valence-electron chi connectivity index (χ1n) is 7.21. The monoisotopic (exact) mass is 347 g/mol. The standard InChI is InChI=1S/C17H17NO3S2/c1-14-7-9-17(10-8-14)23(20,21)18-12-11-16(13-22(18)19)15-5-3-2-4-6-15/h2-11H,12-13H2,1H3. The second kappa shape index (κ2) is 6.39. The smallest absolute Gasteiger partial charge is 0.241 e. The van der Waals surface area contributed by atoms with Crippen molar-refractivity contribution in [3.63, 3.8) is 0 Å². The summed E-state index contributed by atoms with van der Waals surface area (Å²) in [5, 5.41) is 0. The zero-order valence-electron chi connectivity index (χ0n) is 12.7. The molecule has 0 saturated carbocycles. The summed E-state index contributed by atoms with van der Waals surface area (Å²) in [5.74, 6) is 0.203. The predicted molar refractivity (Wildman–Crippen MR) is 92.5 cm³/mol. The van der Waals surface area contributed by atoms with E-state index in [1.807, 2.05) is 43.3 Å². The fourth-order valence-electron chi connectivity index (χ4n) is 2.42. The van der Waals surface area contributed by atoms with Crippen LogP contribution in [-0.4, -0.2) is 28.6 Å². The minimum atomic E-state index is -3.75. The number of hydrogen-bond acceptors (Lipinski definition) is 3. The Balaban J connectivity index is 1.89. The number of rotatable bonds is 3. The van der Waals surface area contributed by atoms with E-state index in [0.29, 0.717) is 0 Å². The molecule has 2 aromatic carbocycles. The van der Waals surface area contributed by atoms with Crippen molar-refractivity contribution in [3.8, 4) is 0 Å². The number of nitrogens with zero attached hydrogens (tertiary/aromatic N) is 1. The third-order valence-electron chi connectivity index (χ3n) is 3.72. The molecule has 1 unspecified atom stereocenters. The largest absolute Gasteiger partial charge is 0.254 e. The molecule has 1 aliphatic heterocycles. The summed E-state index contributed by atoms with van der Waals surface area (Å²) >= 11 is 0. The Morgan fingerprint density at radius 1 is 1.00 bits per heavy atom. The van der Waals surface area contributed by atoms with E-state index in [1.54, 1.807) is 24.3 Å². The molecule has 6 heteroatoms. The van der Waals surface area contributed by atoms with Crippen LogP contribution in [0.2, 0.25) is 0 Å². The van der Waals surface area contributed by atoms with Gasteiger partial charge in [0.05, 0.1) is 10.6 Å². The van der Waals surface area contributed by atoms with Gasteiger partial charge < -0.3 is 0 Å². The summed E-state index contributed by atoms with van der Waals surface area (Å²) in [6, 6.07) is 16.2. The summed E-state index contributed by atoms with van der Waals surface area (Å²) in [5.41, 5.74) is 2.88. The summed E-state index contributed by atoms with van der Waals surface area (Å²) in [4.78, 5) is 0.174. The highest BCUT2D eigenvalue weighted by Gasteiger charge is 2.32. The highest BCUT2D eigenvalue weighted by Crippen LogP contribution is 2.25. The molecular formula is C17H17NO3S2. The van der Waals surface area contributed by atoms with Gasteiger partial charge in [-0.1, -0.05) is 54.1 Å². The topological polar surface area (TPSA) is 54.5 Å². The lowest BCUT2D eigenvalue weighted by atomic mass is 10.1. The Hall–Kier alpha value is -1.76. The van der Waals surface area contributed by atoms with Gasteiger partial charge >= 0.3 is 0 Å². The molecule has 1 heterocycles. The van der Waals surface area contributed by atoms with E-state index in [2.05, 4.69) is 0 Å². The Bertz CT molecular complexity index is 856. The predicted octanol–water partition coefficient (Wildman–Crippen LogP) is 2.75. The molecule has 23 heavy (non-hydrogen) atoms. The number of sulfonamides is 1. The number of benzene rings is 2. The summed E-state index contributed by atoms with van der Waals surface area (Å²) in [7, 11) is -5.35. The van der Waals surface area contributed by atoms with Gasteiger partial charge in [0.2, 0.25) is 0 Å². The Morgan fingerprint density at radius 3 is 2.26 bits per heavy atom. The van der Waals surface area contributed by atoms with Gasteiger partial charge in [0.15, 0.2) is 0 Å². The molecule has 1 atom stereocenters. The van der Waals surface area contributed by atoms with Crippen LogP contribution in [0.4, 0.5) is 0 Å². The molecule has 0 spiro atoms. The first-order valence-corrected chi connectivity index (χ1v) is 9.92. The lowest BCUT2D eigenvalue weighted by Crippen LogP contribution is -2.37. The second-order valence-corrected chi connectivity index (χ2v) is 8.83. The lowest BCUT2D eigenvalue weighted by molar-refractivity contribution is 0.543. The maximum absolute atomic E-state index is 12.7. The van der Waals surface area contributed by atoms with Crippen LogP contribution in [-0.2, 0) is 21.0 Å². The maximum Gasteiger partial charge on any atom is 0.254 e. The quantitative estimate of drug-likeness (QED) is 0.858. The van der Waals surface area contributed by atoms with Crippen molar-refractivity contribution in [2.75, 3.05) is 12.3 Å².